The minimum absolute atomic E-state index is 0.323. The molecule has 1 aliphatic carbocycles. The molecular formula is C19H19N5O3S. The van der Waals surface area contributed by atoms with Gasteiger partial charge >= 0.3 is 0 Å². The highest BCUT2D eigenvalue weighted by Crippen LogP contribution is 2.30. The topological polar surface area (TPSA) is 117 Å². The second-order valence-electron chi connectivity index (χ2n) is 6.70. The summed E-state index contributed by atoms with van der Waals surface area (Å²) in [7, 11) is -3.37. The van der Waals surface area contributed by atoms with Gasteiger partial charge in [-0.2, -0.15) is 5.10 Å². The van der Waals surface area contributed by atoms with Gasteiger partial charge in [-0.25, -0.2) is 13.4 Å². The summed E-state index contributed by atoms with van der Waals surface area (Å²) < 4.78 is 26.7. The number of H-pyrrole nitrogens is 1. The third kappa shape index (κ3) is 4.04. The Morgan fingerprint density at radius 2 is 1.86 bits per heavy atom. The number of anilines is 2. The van der Waals surface area contributed by atoms with Gasteiger partial charge < -0.3 is 5.32 Å². The van der Waals surface area contributed by atoms with Crippen molar-refractivity contribution < 1.29 is 13.2 Å². The molecule has 3 N–H and O–H groups in total. The van der Waals surface area contributed by atoms with E-state index in [1.165, 1.54) is 6.07 Å². The van der Waals surface area contributed by atoms with Gasteiger partial charge in [0.05, 0.1) is 5.25 Å². The number of hydrogen-bond donors (Lipinski definition) is 3. The molecule has 9 heteroatoms. The number of amides is 1. The fraction of sp³-hybridized carbons (Fsp3) is 0.211. The van der Waals surface area contributed by atoms with Crippen LogP contribution in [0.4, 0.5) is 11.4 Å². The van der Waals surface area contributed by atoms with E-state index < -0.39 is 10.0 Å². The Bertz CT molecular complexity index is 1120. The summed E-state index contributed by atoms with van der Waals surface area (Å²) in [5.41, 5.74) is 2.20. The van der Waals surface area contributed by atoms with Crippen LogP contribution in [-0.4, -0.2) is 34.8 Å². The second-order valence-corrected chi connectivity index (χ2v) is 8.66. The van der Waals surface area contributed by atoms with Crippen LogP contribution in [-0.2, 0) is 10.0 Å². The Kier molecular flexibility index (Phi) is 4.60. The number of sulfonamides is 1. The van der Waals surface area contributed by atoms with Gasteiger partial charge in [0, 0.05) is 22.5 Å². The van der Waals surface area contributed by atoms with Crippen molar-refractivity contribution in [2.45, 2.75) is 25.0 Å². The molecule has 0 saturated heterocycles. The number of aromatic amines is 1. The number of benzene rings is 2. The average Bonchev–Trinajstić information content (AvgIpc) is 3.45. The highest BCUT2D eigenvalue weighted by Gasteiger charge is 2.35. The number of rotatable bonds is 6. The quantitative estimate of drug-likeness (QED) is 0.591. The highest BCUT2D eigenvalue weighted by molar-refractivity contribution is 7.93. The molecule has 144 valence electrons. The Labute approximate surface area is 162 Å². The van der Waals surface area contributed by atoms with Gasteiger partial charge in [-0.3, -0.25) is 14.6 Å². The van der Waals surface area contributed by atoms with E-state index in [9.17, 15) is 13.2 Å². The summed E-state index contributed by atoms with van der Waals surface area (Å²) in [6.07, 6.45) is 1.36. The smallest absolute Gasteiger partial charge is 0.255 e. The van der Waals surface area contributed by atoms with E-state index >= 15 is 0 Å². The van der Waals surface area contributed by atoms with Crippen LogP contribution in [0.25, 0.3) is 11.4 Å². The van der Waals surface area contributed by atoms with Crippen LogP contribution < -0.4 is 10.0 Å². The van der Waals surface area contributed by atoms with Gasteiger partial charge in [0.15, 0.2) is 5.82 Å². The molecule has 0 atom stereocenters. The third-order valence-corrected chi connectivity index (χ3v) is 6.22. The predicted octanol–water partition coefficient (Wildman–Crippen LogP) is 2.94. The first-order valence-corrected chi connectivity index (χ1v) is 10.4. The van der Waals surface area contributed by atoms with Gasteiger partial charge in [0.25, 0.3) is 5.91 Å². The molecule has 0 aliphatic heterocycles. The lowest BCUT2D eigenvalue weighted by Gasteiger charge is -2.09. The van der Waals surface area contributed by atoms with Gasteiger partial charge in [0.1, 0.15) is 5.82 Å². The fourth-order valence-corrected chi connectivity index (χ4v) is 4.11. The van der Waals surface area contributed by atoms with E-state index in [0.29, 0.717) is 35.6 Å². The van der Waals surface area contributed by atoms with E-state index in [1.54, 1.807) is 30.3 Å². The monoisotopic (exact) mass is 397 g/mol. The maximum absolute atomic E-state index is 12.5. The van der Waals surface area contributed by atoms with Gasteiger partial charge in [-0.15, -0.1) is 0 Å². The highest BCUT2D eigenvalue weighted by atomic mass is 32.2. The van der Waals surface area contributed by atoms with Crippen molar-refractivity contribution in [2.75, 3.05) is 10.0 Å². The number of nitrogens with zero attached hydrogens (tertiary/aromatic N) is 2. The van der Waals surface area contributed by atoms with Crippen molar-refractivity contribution in [3.63, 3.8) is 0 Å². The van der Waals surface area contributed by atoms with Gasteiger partial charge in [-0.05, 0) is 62.2 Å². The number of aryl methyl sites for hydroxylation is 1. The Balaban J connectivity index is 1.45. The molecule has 2 aromatic carbocycles. The zero-order valence-corrected chi connectivity index (χ0v) is 16.0. The predicted molar refractivity (Wildman–Crippen MR) is 107 cm³/mol. The molecule has 4 rings (SSSR count). The van der Waals surface area contributed by atoms with Crippen molar-refractivity contribution in [1.82, 2.24) is 15.2 Å². The summed E-state index contributed by atoms with van der Waals surface area (Å²) in [4.78, 5) is 16.8. The largest absolute Gasteiger partial charge is 0.322 e. The lowest BCUT2D eigenvalue weighted by molar-refractivity contribution is 0.102. The number of hydrogen-bond acceptors (Lipinski definition) is 5. The summed E-state index contributed by atoms with van der Waals surface area (Å²) in [6, 6.07) is 13.6. The zero-order chi connectivity index (χ0) is 19.7. The molecule has 0 radical (unpaired) electrons. The Hall–Kier alpha value is -3.20. The first kappa shape index (κ1) is 18.2. The zero-order valence-electron chi connectivity index (χ0n) is 15.1. The average molecular weight is 397 g/mol. The fourth-order valence-electron chi connectivity index (χ4n) is 2.73. The molecular weight excluding hydrogens is 378 g/mol. The number of nitrogens with one attached hydrogen (secondary N) is 3. The summed E-state index contributed by atoms with van der Waals surface area (Å²) in [5, 5.41) is 9.37. The van der Waals surface area contributed by atoms with Crippen LogP contribution in [0, 0.1) is 6.92 Å². The molecule has 0 unspecified atom stereocenters. The molecule has 1 aliphatic rings. The van der Waals surface area contributed by atoms with Crippen LogP contribution in [0.5, 0.6) is 0 Å². The molecule has 0 bridgehead atoms. The van der Waals surface area contributed by atoms with Crippen LogP contribution in [0.15, 0.2) is 48.5 Å². The third-order valence-electron chi connectivity index (χ3n) is 4.35. The van der Waals surface area contributed by atoms with Crippen molar-refractivity contribution >= 4 is 27.3 Å². The van der Waals surface area contributed by atoms with Crippen molar-refractivity contribution in [3.8, 4) is 11.4 Å². The standard InChI is InChI=1S/C19H19N5O3S/c1-12-20-18(23-22-12)13-5-7-15(8-6-13)21-19(25)14-3-2-4-16(11-14)24-28(26,27)17-9-10-17/h2-8,11,17,24H,9-10H2,1H3,(H,21,25)(H,20,22,23). The second kappa shape index (κ2) is 7.08. The lowest BCUT2D eigenvalue weighted by atomic mass is 10.1. The first-order valence-electron chi connectivity index (χ1n) is 8.83. The molecule has 1 aromatic heterocycles. The van der Waals surface area contributed by atoms with E-state index in [4.69, 9.17) is 0 Å². The van der Waals surface area contributed by atoms with Crippen molar-refractivity contribution in [3.05, 3.63) is 59.9 Å². The van der Waals surface area contributed by atoms with Crippen LogP contribution in [0.2, 0.25) is 0 Å². The normalized spacial score (nSPS) is 13.9. The first-order chi connectivity index (χ1) is 13.4. The Morgan fingerprint density at radius 3 is 2.50 bits per heavy atom. The molecule has 1 saturated carbocycles. The summed E-state index contributed by atoms with van der Waals surface area (Å²) in [6.45, 7) is 1.82. The van der Waals surface area contributed by atoms with Crippen LogP contribution in [0.1, 0.15) is 29.0 Å². The molecule has 1 amide bonds. The lowest BCUT2D eigenvalue weighted by Crippen LogP contribution is -2.18. The molecule has 1 heterocycles. The minimum Gasteiger partial charge on any atom is -0.322 e. The molecule has 0 spiro atoms. The van der Waals surface area contributed by atoms with E-state index in [0.717, 1.165) is 11.4 Å². The maximum Gasteiger partial charge on any atom is 0.255 e. The van der Waals surface area contributed by atoms with Crippen molar-refractivity contribution in [2.24, 2.45) is 0 Å². The van der Waals surface area contributed by atoms with E-state index in [-0.39, 0.29) is 11.2 Å². The van der Waals surface area contributed by atoms with E-state index in [1.807, 2.05) is 19.1 Å². The number of carbonyl (C=O) groups excluding carboxylic acids is 1. The van der Waals surface area contributed by atoms with Crippen molar-refractivity contribution in [1.29, 1.82) is 0 Å². The van der Waals surface area contributed by atoms with E-state index in [2.05, 4.69) is 25.2 Å². The van der Waals surface area contributed by atoms with Gasteiger partial charge in [-0.1, -0.05) is 6.07 Å². The molecule has 3 aromatic rings. The molecule has 8 nitrogen and oxygen atoms in total. The minimum atomic E-state index is -3.37. The maximum atomic E-state index is 12.5. The van der Waals surface area contributed by atoms with Crippen LogP contribution in [0.3, 0.4) is 0 Å². The molecule has 28 heavy (non-hydrogen) atoms. The Morgan fingerprint density at radius 1 is 1.11 bits per heavy atom. The van der Waals surface area contributed by atoms with Crippen LogP contribution >= 0.6 is 0 Å². The number of carbonyl (C=O) groups is 1. The summed E-state index contributed by atoms with van der Waals surface area (Å²) >= 11 is 0. The SMILES string of the molecule is Cc1nc(-c2ccc(NC(=O)c3cccc(NS(=O)(=O)C4CC4)c3)cc2)n[nH]1. The number of aromatic nitrogens is 3. The summed E-state index contributed by atoms with van der Waals surface area (Å²) in [5.74, 6) is 0.990. The molecule has 1 fully saturated rings. The van der Waals surface area contributed by atoms with Gasteiger partial charge in [0.2, 0.25) is 10.0 Å².